The molecular weight excluding hydrogens is 212 g/mol. The molecule has 100 valence electrons. The minimum atomic E-state index is -0.310. The van der Waals surface area contributed by atoms with Crippen LogP contribution in [0.15, 0.2) is 0 Å². The van der Waals surface area contributed by atoms with E-state index in [1.54, 1.807) is 0 Å². The van der Waals surface area contributed by atoms with E-state index in [-0.39, 0.29) is 11.9 Å². The predicted molar refractivity (Wildman–Crippen MR) is 71.6 cm³/mol. The molecule has 1 aliphatic carbocycles. The molecule has 3 nitrogen and oxygen atoms in total. The molecule has 1 fully saturated rings. The predicted octanol–water partition coefficient (Wildman–Crippen LogP) is 2.45. The Balaban J connectivity index is 2.14. The maximum absolute atomic E-state index is 11.7. The Bertz CT molecular complexity index is 222. The van der Waals surface area contributed by atoms with E-state index in [2.05, 4.69) is 19.2 Å². The summed E-state index contributed by atoms with van der Waals surface area (Å²) in [4.78, 5) is 11.7. The highest BCUT2D eigenvalue weighted by atomic mass is 16.2. The maximum Gasteiger partial charge on any atom is 0.236 e. The number of hydrogen-bond acceptors (Lipinski definition) is 2. The topological polar surface area (TPSA) is 55.1 Å². The molecule has 1 rings (SSSR count). The third-order valence-electron chi connectivity index (χ3n) is 3.63. The Morgan fingerprint density at radius 2 is 1.94 bits per heavy atom. The Kier molecular flexibility index (Phi) is 6.56. The Morgan fingerprint density at radius 3 is 2.53 bits per heavy atom. The monoisotopic (exact) mass is 240 g/mol. The molecule has 0 bridgehead atoms. The highest BCUT2D eigenvalue weighted by Gasteiger charge is 2.18. The summed E-state index contributed by atoms with van der Waals surface area (Å²) in [5, 5.41) is 2.91. The molecule has 1 aliphatic rings. The molecule has 0 aliphatic heterocycles. The normalized spacial score (nSPS) is 19.3. The van der Waals surface area contributed by atoms with Crippen LogP contribution in [-0.2, 0) is 4.79 Å². The van der Waals surface area contributed by atoms with Crippen LogP contribution in [0.25, 0.3) is 0 Å². The summed E-state index contributed by atoms with van der Waals surface area (Å²) >= 11 is 0. The number of carbonyl (C=O) groups excluding carboxylic acids is 1. The number of nitrogens with two attached hydrogens (primary N) is 1. The highest BCUT2D eigenvalue weighted by molar-refractivity contribution is 5.81. The van der Waals surface area contributed by atoms with Crippen LogP contribution in [0.5, 0.6) is 0 Å². The quantitative estimate of drug-likeness (QED) is 0.749. The third-order valence-corrected chi connectivity index (χ3v) is 3.63. The summed E-state index contributed by atoms with van der Waals surface area (Å²) in [5.74, 6) is 1.33. The van der Waals surface area contributed by atoms with Gasteiger partial charge in [0.25, 0.3) is 0 Å². The second kappa shape index (κ2) is 7.70. The Labute approximate surface area is 106 Å². The first-order valence-electron chi connectivity index (χ1n) is 7.13. The molecule has 0 heterocycles. The van der Waals surface area contributed by atoms with Crippen LogP contribution in [0.2, 0.25) is 0 Å². The Morgan fingerprint density at radius 1 is 1.29 bits per heavy atom. The number of nitrogens with one attached hydrogen (secondary N) is 1. The zero-order valence-corrected chi connectivity index (χ0v) is 11.4. The smallest absolute Gasteiger partial charge is 0.236 e. The van der Waals surface area contributed by atoms with E-state index < -0.39 is 0 Å². The molecule has 0 aromatic rings. The SMILES string of the molecule is CC(C)CNC(=O)C(N)CCC1CCCCC1. The van der Waals surface area contributed by atoms with Gasteiger partial charge in [-0.3, -0.25) is 4.79 Å². The van der Waals surface area contributed by atoms with Gasteiger partial charge in [-0.2, -0.15) is 0 Å². The fourth-order valence-electron chi connectivity index (χ4n) is 2.46. The molecule has 1 atom stereocenters. The standard InChI is InChI=1S/C14H28N2O/c1-11(2)10-16-14(17)13(15)9-8-12-6-4-3-5-7-12/h11-13H,3-10,15H2,1-2H3,(H,16,17). The van der Waals surface area contributed by atoms with Crippen molar-refractivity contribution in [2.45, 2.75) is 64.8 Å². The molecule has 0 spiro atoms. The van der Waals surface area contributed by atoms with Crippen molar-refractivity contribution in [1.82, 2.24) is 5.32 Å². The third kappa shape index (κ3) is 6.06. The summed E-state index contributed by atoms with van der Waals surface area (Å²) in [6, 6.07) is -0.310. The first-order chi connectivity index (χ1) is 8.09. The fraction of sp³-hybridized carbons (Fsp3) is 0.929. The van der Waals surface area contributed by atoms with Gasteiger partial charge in [-0.1, -0.05) is 46.0 Å². The van der Waals surface area contributed by atoms with Gasteiger partial charge in [-0.25, -0.2) is 0 Å². The van der Waals surface area contributed by atoms with Crippen LogP contribution in [0, 0.1) is 11.8 Å². The van der Waals surface area contributed by atoms with Gasteiger partial charge in [-0.15, -0.1) is 0 Å². The number of carbonyl (C=O) groups is 1. The molecule has 1 amide bonds. The molecule has 0 saturated heterocycles. The first-order valence-corrected chi connectivity index (χ1v) is 7.13. The lowest BCUT2D eigenvalue weighted by molar-refractivity contribution is -0.122. The molecule has 3 N–H and O–H groups in total. The first kappa shape index (κ1) is 14.5. The average Bonchev–Trinajstić information content (AvgIpc) is 2.34. The number of rotatable bonds is 6. The average molecular weight is 240 g/mol. The molecular formula is C14H28N2O. The van der Waals surface area contributed by atoms with Crippen molar-refractivity contribution >= 4 is 5.91 Å². The van der Waals surface area contributed by atoms with Crippen LogP contribution in [0.3, 0.4) is 0 Å². The number of amides is 1. The summed E-state index contributed by atoms with van der Waals surface area (Å²) < 4.78 is 0. The zero-order chi connectivity index (χ0) is 12.7. The van der Waals surface area contributed by atoms with Crippen LogP contribution in [-0.4, -0.2) is 18.5 Å². The summed E-state index contributed by atoms with van der Waals surface area (Å²) in [6.45, 7) is 4.91. The molecule has 17 heavy (non-hydrogen) atoms. The van der Waals surface area contributed by atoms with E-state index in [9.17, 15) is 4.79 Å². The molecule has 0 radical (unpaired) electrons. The fourth-order valence-corrected chi connectivity index (χ4v) is 2.46. The van der Waals surface area contributed by atoms with Gasteiger partial charge >= 0.3 is 0 Å². The lowest BCUT2D eigenvalue weighted by atomic mass is 9.85. The summed E-state index contributed by atoms with van der Waals surface area (Å²) in [5.41, 5.74) is 5.91. The van der Waals surface area contributed by atoms with Gasteiger partial charge in [0.1, 0.15) is 0 Å². The van der Waals surface area contributed by atoms with Gasteiger partial charge < -0.3 is 11.1 Å². The van der Waals surface area contributed by atoms with Crippen molar-refractivity contribution in [3.8, 4) is 0 Å². The van der Waals surface area contributed by atoms with Gasteiger partial charge in [0, 0.05) is 6.54 Å². The number of hydrogen-bond donors (Lipinski definition) is 2. The van der Waals surface area contributed by atoms with Gasteiger partial charge in [0.15, 0.2) is 0 Å². The van der Waals surface area contributed by atoms with E-state index in [0.29, 0.717) is 5.92 Å². The van der Waals surface area contributed by atoms with Crippen molar-refractivity contribution < 1.29 is 4.79 Å². The largest absolute Gasteiger partial charge is 0.354 e. The maximum atomic E-state index is 11.7. The highest BCUT2D eigenvalue weighted by Crippen LogP contribution is 2.27. The lowest BCUT2D eigenvalue weighted by Gasteiger charge is -2.22. The lowest BCUT2D eigenvalue weighted by Crippen LogP contribution is -2.42. The minimum absolute atomic E-state index is 0.0227. The van der Waals surface area contributed by atoms with E-state index in [1.165, 1.54) is 32.1 Å². The molecule has 0 aromatic carbocycles. The second-order valence-electron chi connectivity index (χ2n) is 5.83. The van der Waals surface area contributed by atoms with Crippen LogP contribution < -0.4 is 11.1 Å². The van der Waals surface area contributed by atoms with E-state index in [1.807, 2.05) is 0 Å². The molecule has 0 aromatic heterocycles. The molecule has 1 saturated carbocycles. The molecule has 3 heteroatoms. The Hall–Kier alpha value is -0.570. The summed E-state index contributed by atoms with van der Waals surface area (Å²) in [6.07, 6.45) is 8.74. The van der Waals surface area contributed by atoms with E-state index in [4.69, 9.17) is 5.73 Å². The summed E-state index contributed by atoms with van der Waals surface area (Å²) in [7, 11) is 0. The van der Waals surface area contributed by atoms with Gasteiger partial charge in [-0.05, 0) is 24.7 Å². The second-order valence-corrected chi connectivity index (χ2v) is 5.83. The molecule has 1 unspecified atom stereocenters. The minimum Gasteiger partial charge on any atom is -0.354 e. The van der Waals surface area contributed by atoms with Gasteiger partial charge in [0.2, 0.25) is 5.91 Å². The zero-order valence-electron chi connectivity index (χ0n) is 11.4. The van der Waals surface area contributed by atoms with Crippen molar-refractivity contribution in [1.29, 1.82) is 0 Å². The van der Waals surface area contributed by atoms with Gasteiger partial charge in [0.05, 0.1) is 6.04 Å². The van der Waals surface area contributed by atoms with Crippen molar-refractivity contribution in [3.05, 3.63) is 0 Å². The van der Waals surface area contributed by atoms with Crippen molar-refractivity contribution in [2.75, 3.05) is 6.54 Å². The van der Waals surface area contributed by atoms with E-state index >= 15 is 0 Å². The van der Waals surface area contributed by atoms with Crippen molar-refractivity contribution in [3.63, 3.8) is 0 Å². The van der Waals surface area contributed by atoms with Crippen LogP contribution in [0.4, 0.5) is 0 Å². The van der Waals surface area contributed by atoms with Crippen LogP contribution in [0.1, 0.15) is 58.8 Å². The van der Waals surface area contributed by atoms with E-state index in [0.717, 1.165) is 25.3 Å². The van der Waals surface area contributed by atoms with Crippen molar-refractivity contribution in [2.24, 2.45) is 17.6 Å². The van der Waals surface area contributed by atoms with Crippen LogP contribution >= 0.6 is 0 Å².